The number of ketones is 1. The molecule has 0 saturated heterocycles. The number of carbonyl (C=O) groups excluding carboxylic acids is 2. The summed E-state index contributed by atoms with van der Waals surface area (Å²) in [6.45, 7) is 18.0. The smallest absolute Gasteiger partial charge is 0.220 e. The Morgan fingerprint density at radius 2 is 1.60 bits per heavy atom. The lowest BCUT2D eigenvalue weighted by Gasteiger charge is -2.37. The molecular weight excluding hydrogens is 316 g/mol. The predicted octanol–water partition coefficient (Wildman–Crippen LogP) is 3.32. The first kappa shape index (κ1) is 24.1. The Bertz CT molecular complexity index is 415. The van der Waals surface area contributed by atoms with Crippen molar-refractivity contribution in [3.8, 4) is 0 Å². The SMILES string of the molecule is CC(C)NC(C)(C)CC(C)(C)CC(=O)NCCOCCC(=O)C(C)C. The van der Waals surface area contributed by atoms with Gasteiger partial charge in [0.1, 0.15) is 5.78 Å². The van der Waals surface area contributed by atoms with Crippen LogP contribution in [0.25, 0.3) is 0 Å². The average Bonchev–Trinajstić information content (AvgIpc) is 2.38. The minimum Gasteiger partial charge on any atom is -0.379 e. The molecule has 25 heavy (non-hydrogen) atoms. The number of hydrogen-bond donors (Lipinski definition) is 2. The Morgan fingerprint density at radius 3 is 2.12 bits per heavy atom. The fraction of sp³-hybridized carbons (Fsp3) is 0.900. The summed E-state index contributed by atoms with van der Waals surface area (Å²) in [6, 6.07) is 0.416. The van der Waals surface area contributed by atoms with Crippen LogP contribution in [0.5, 0.6) is 0 Å². The summed E-state index contributed by atoms with van der Waals surface area (Å²) in [4.78, 5) is 23.6. The summed E-state index contributed by atoms with van der Waals surface area (Å²) < 4.78 is 5.41. The summed E-state index contributed by atoms with van der Waals surface area (Å²) in [5.41, 5.74) is -0.0932. The monoisotopic (exact) mass is 356 g/mol. The molecule has 0 saturated carbocycles. The standard InChI is InChI=1S/C20H40N2O3/c1-15(2)17(23)9-11-25-12-10-21-18(24)13-19(5,6)14-20(7,8)22-16(3)4/h15-16,22H,9-14H2,1-8H3,(H,21,24). The van der Waals surface area contributed by atoms with Gasteiger partial charge in [0.25, 0.3) is 0 Å². The lowest BCUT2D eigenvalue weighted by molar-refractivity contribution is -0.124. The number of ether oxygens (including phenoxy) is 1. The van der Waals surface area contributed by atoms with Crippen molar-refractivity contribution in [3.63, 3.8) is 0 Å². The van der Waals surface area contributed by atoms with E-state index in [1.807, 2.05) is 13.8 Å². The predicted molar refractivity (Wildman–Crippen MR) is 104 cm³/mol. The lowest BCUT2D eigenvalue weighted by Crippen LogP contribution is -2.47. The van der Waals surface area contributed by atoms with Crippen molar-refractivity contribution in [2.45, 2.75) is 86.2 Å². The van der Waals surface area contributed by atoms with Gasteiger partial charge in [-0.1, -0.05) is 41.5 Å². The van der Waals surface area contributed by atoms with Gasteiger partial charge in [-0.25, -0.2) is 0 Å². The van der Waals surface area contributed by atoms with Gasteiger partial charge in [-0.05, 0) is 25.7 Å². The van der Waals surface area contributed by atoms with Gasteiger partial charge in [-0.3, -0.25) is 9.59 Å². The zero-order valence-corrected chi connectivity index (χ0v) is 17.6. The number of amides is 1. The number of hydrogen-bond acceptors (Lipinski definition) is 4. The van der Waals surface area contributed by atoms with Crippen molar-refractivity contribution >= 4 is 11.7 Å². The van der Waals surface area contributed by atoms with Gasteiger partial charge in [0.15, 0.2) is 0 Å². The molecule has 0 aliphatic carbocycles. The highest BCUT2D eigenvalue weighted by molar-refractivity contribution is 5.80. The fourth-order valence-electron chi connectivity index (χ4n) is 3.41. The molecule has 0 spiro atoms. The first-order valence-corrected chi connectivity index (χ1v) is 9.49. The quantitative estimate of drug-likeness (QED) is 0.497. The molecule has 0 atom stereocenters. The Morgan fingerprint density at radius 1 is 1.00 bits per heavy atom. The molecule has 0 fully saturated rings. The molecule has 5 nitrogen and oxygen atoms in total. The molecule has 1 amide bonds. The average molecular weight is 357 g/mol. The fourth-order valence-corrected chi connectivity index (χ4v) is 3.41. The number of Topliss-reactive ketones (excluding diaryl/α,β-unsaturated/α-hetero) is 1. The number of nitrogens with one attached hydrogen (secondary N) is 2. The van der Waals surface area contributed by atoms with Crippen LogP contribution in [0.2, 0.25) is 0 Å². The lowest BCUT2D eigenvalue weighted by atomic mass is 9.77. The van der Waals surface area contributed by atoms with Gasteiger partial charge in [-0.15, -0.1) is 0 Å². The van der Waals surface area contributed by atoms with E-state index in [2.05, 4.69) is 52.2 Å². The van der Waals surface area contributed by atoms with E-state index in [0.29, 0.717) is 38.6 Å². The summed E-state index contributed by atoms with van der Waals surface area (Å²) in [7, 11) is 0. The van der Waals surface area contributed by atoms with Crippen molar-refractivity contribution in [2.75, 3.05) is 19.8 Å². The molecule has 0 radical (unpaired) electrons. The van der Waals surface area contributed by atoms with E-state index in [9.17, 15) is 9.59 Å². The van der Waals surface area contributed by atoms with Crippen molar-refractivity contribution in [1.82, 2.24) is 10.6 Å². The molecular formula is C20H40N2O3. The van der Waals surface area contributed by atoms with Crippen molar-refractivity contribution in [2.24, 2.45) is 11.3 Å². The highest BCUT2D eigenvalue weighted by Gasteiger charge is 2.30. The second-order valence-corrected chi connectivity index (χ2v) is 9.03. The molecule has 0 rings (SSSR count). The van der Waals surface area contributed by atoms with Crippen LogP contribution in [0, 0.1) is 11.3 Å². The van der Waals surface area contributed by atoms with Crippen LogP contribution in [0.1, 0.15) is 74.7 Å². The molecule has 2 N–H and O–H groups in total. The first-order chi connectivity index (χ1) is 11.3. The molecule has 0 heterocycles. The van der Waals surface area contributed by atoms with E-state index in [1.54, 1.807) is 0 Å². The molecule has 0 aromatic carbocycles. The van der Waals surface area contributed by atoms with Crippen LogP contribution < -0.4 is 10.6 Å². The highest BCUT2D eigenvalue weighted by Crippen LogP contribution is 2.31. The molecule has 0 aliphatic rings. The number of rotatable bonds is 13. The Hall–Kier alpha value is -0.940. The van der Waals surface area contributed by atoms with Crippen LogP contribution in [-0.4, -0.2) is 43.0 Å². The summed E-state index contributed by atoms with van der Waals surface area (Å²) in [5.74, 6) is 0.315. The van der Waals surface area contributed by atoms with Crippen molar-refractivity contribution < 1.29 is 14.3 Å². The topological polar surface area (TPSA) is 67.4 Å². The van der Waals surface area contributed by atoms with Crippen LogP contribution in [0.15, 0.2) is 0 Å². The maximum absolute atomic E-state index is 12.2. The van der Waals surface area contributed by atoms with Gasteiger partial charge >= 0.3 is 0 Å². The third kappa shape index (κ3) is 13.0. The van der Waals surface area contributed by atoms with Crippen molar-refractivity contribution in [1.29, 1.82) is 0 Å². The van der Waals surface area contributed by atoms with E-state index >= 15 is 0 Å². The van der Waals surface area contributed by atoms with Gasteiger partial charge in [0.05, 0.1) is 13.2 Å². The van der Waals surface area contributed by atoms with Gasteiger partial charge in [-0.2, -0.15) is 0 Å². The summed E-state index contributed by atoms with van der Waals surface area (Å²) >= 11 is 0. The Balaban J connectivity index is 4.02. The van der Waals surface area contributed by atoms with Crippen LogP contribution in [0.4, 0.5) is 0 Å². The second kappa shape index (κ2) is 10.9. The second-order valence-electron chi connectivity index (χ2n) is 9.03. The Labute approximate surface area is 154 Å². The summed E-state index contributed by atoms with van der Waals surface area (Å²) in [5, 5.41) is 6.46. The maximum atomic E-state index is 12.2. The summed E-state index contributed by atoms with van der Waals surface area (Å²) in [6.07, 6.45) is 1.85. The molecule has 0 aromatic heterocycles. The first-order valence-electron chi connectivity index (χ1n) is 9.49. The largest absolute Gasteiger partial charge is 0.379 e. The van der Waals surface area contributed by atoms with Crippen molar-refractivity contribution in [3.05, 3.63) is 0 Å². The highest BCUT2D eigenvalue weighted by atomic mass is 16.5. The Kier molecular flexibility index (Phi) is 10.5. The molecule has 0 bridgehead atoms. The minimum absolute atomic E-state index is 0.00991. The van der Waals surface area contributed by atoms with Crippen LogP contribution in [-0.2, 0) is 14.3 Å². The third-order valence-electron chi connectivity index (χ3n) is 3.94. The van der Waals surface area contributed by atoms with E-state index in [0.717, 1.165) is 6.42 Å². The molecule has 0 aromatic rings. The van der Waals surface area contributed by atoms with Crippen LogP contribution in [0.3, 0.4) is 0 Å². The molecule has 148 valence electrons. The van der Waals surface area contributed by atoms with Gasteiger partial charge in [0, 0.05) is 36.9 Å². The molecule has 0 unspecified atom stereocenters. The third-order valence-corrected chi connectivity index (χ3v) is 3.94. The van der Waals surface area contributed by atoms with Crippen LogP contribution >= 0.6 is 0 Å². The minimum atomic E-state index is -0.0833. The molecule has 0 aliphatic heterocycles. The zero-order chi connectivity index (χ0) is 19.7. The van der Waals surface area contributed by atoms with E-state index < -0.39 is 0 Å². The normalized spacial score (nSPS) is 12.7. The molecule has 5 heteroatoms. The van der Waals surface area contributed by atoms with Gasteiger partial charge < -0.3 is 15.4 Å². The van der Waals surface area contributed by atoms with E-state index in [-0.39, 0.29) is 28.6 Å². The maximum Gasteiger partial charge on any atom is 0.220 e. The number of carbonyl (C=O) groups is 2. The van der Waals surface area contributed by atoms with E-state index in [4.69, 9.17) is 4.74 Å². The van der Waals surface area contributed by atoms with Gasteiger partial charge in [0.2, 0.25) is 5.91 Å². The zero-order valence-electron chi connectivity index (χ0n) is 17.6. The van der Waals surface area contributed by atoms with E-state index in [1.165, 1.54) is 0 Å².